The molecule has 2 aliphatic carbocycles. The Morgan fingerprint density at radius 3 is 2.00 bits per heavy atom. The molecule has 0 fully saturated rings. The van der Waals surface area contributed by atoms with E-state index in [0.717, 1.165) is 84.6 Å². The highest BCUT2D eigenvalue weighted by Crippen LogP contribution is 2.45. The highest BCUT2D eigenvalue weighted by Gasteiger charge is 2.32. The molecule has 0 amide bonds. The number of rotatable bonds is 11. The first kappa shape index (κ1) is 38.1. The van der Waals surface area contributed by atoms with E-state index in [9.17, 15) is 4.79 Å². The number of allylic oxidation sites excluding steroid dienone is 10. The molecule has 7 aromatic rings. The van der Waals surface area contributed by atoms with Gasteiger partial charge in [-0.15, -0.1) is 0 Å². The van der Waals surface area contributed by atoms with Crippen LogP contribution in [0.25, 0.3) is 57.0 Å². The smallest absolute Gasteiger partial charge is 0.196 e. The van der Waals surface area contributed by atoms with Crippen molar-refractivity contribution in [1.82, 2.24) is 4.57 Å². The van der Waals surface area contributed by atoms with Crippen molar-refractivity contribution in [2.24, 2.45) is 0 Å². The molecule has 0 saturated heterocycles. The van der Waals surface area contributed by atoms with E-state index in [2.05, 4.69) is 193 Å². The number of anilines is 3. The molecule has 60 heavy (non-hydrogen) atoms. The largest absolute Gasteiger partial charge is 0.333 e. The molecule has 290 valence electrons. The molecule has 3 heteroatoms. The molecule has 1 unspecified atom stereocenters. The van der Waals surface area contributed by atoms with Crippen molar-refractivity contribution in [2.45, 2.75) is 26.3 Å². The van der Waals surface area contributed by atoms with Gasteiger partial charge in [-0.05, 0) is 102 Å². The number of hydrogen-bond donors (Lipinski definition) is 0. The van der Waals surface area contributed by atoms with Crippen molar-refractivity contribution in [3.05, 3.63) is 234 Å². The highest BCUT2D eigenvalue weighted by atomic mass is 16.1. The first-order valence-electron chi connectivity index (χ1n) is 20.7. The minimum Gasteiger partial charge on any atom is -0.333 e. The predicted molar refractivity (Wildman–Crippen MR) is 256 cm³/mol. The zero-order chi connectivity index (χ0) is 41.0. The summed E-state index contributed by atoms with van der Waals surface area (Å²) in [5.74, 6) is 0.0959. The Morgan fingerprint density at radius 2 is 1.33 bits per heavy atom. The van der Waals surface area contributed by atoms with Crippen LogP contribution in [-0.2, 0) is 0 Å². The van der Waals surface area contributed by atoms with E-state index in [1.807, 2.05) is 49.4 Å². The maximum absolute atomic E-state index is 14.2. The number of fused-ring (bicyclic) bond motifs is 5. The molecule has 0 radical (unpaired) electrons. The summed E-state index contributed by atoms with van der Waals surface area (Å²) in [6, 6.07) is 49.1. The number of benzene rings is 6. The van der Waals surface area contributed by atoms with Crippen molar-refractivity contribution in [3.63, 3.8) is 0 Å². The molecule has 0 bridgehead atoms. The molecule has 6 aromatic carbocycles. The molecule has 0 saturated carbocycles. The fraction of sp³-hybridized carbons (Fsp3) is 0.0702. The van der Waals surface area contributed by atoms with Crippen LogP contribution in [0.3, 0.4) is 0 Å². The molecule has 0 aliphatic heterocycles. The minimum atomic E-state index is 0.0857. The summed E-state index contributed by atoms with van der Waals surface area (Å²) in [5, 5.41) is 1.08. The number of hydrogen-bond acceptors (Lipinski definition) is 2. The molecule has 9 rings (SSSR count). The van der Waals surface area contributed by atoms with Gasteiger partial charge in [0.25, 0.3) is 0 Å². The number of aromatic nitrogens is 1. The highest BCUT2D eigenvalue weighted by molar-refractivity contribution is 6.27. The predicted octanol–water partition coefficient (Wildman–Crippen LogP) is 15.4. The summed E-state index contributed by atoms with van der Waals surface area (Å²) < 4.78 is 2.39. The second kappa shape index (κ2) is 16.8. The SMILES string of the molecule is C=C/C(=C\C=C/C)c1ccc(N(c2ccc(C=Cc3c(/C=C\C)n(C4C=CC=CC4)c4c5c(ccc34)-c3ccccc3C5=O)cc2)c2ccc(-c3ccccc3)cc2)cc1. The van der Waals surface area contributed by atoms with E-state index in [1.165, 1.54) is 11.1 Å². The average molecular weight is 775 g/mol. The third-order valence-corrected chi connectivity index (χ3v) is 11.5. The van der Waals surface area contributed by atoms with Crippen molar-refractivity contribution in [1.29, 1.82) is 0 Å². The lowest BCUT2D eigenvalue weighted by atomic mass is 10.0. The van der Waals surface area contributed by atoms with Crippen LogP contribution in [0, 0.1) is 0 Å². The molecule has 1 atom stereocenters. The maximum atomic E-state index is 14.2. The molecule has 2 aliphatic rings. The molecular weight excluding hydrogens is 729 g/mol. The van der Waals surface area contributed by atoms with Gasteiger partial charge in [-0.3, -0.25) is 4.79 Å². The van der Waals surface area contributed by atoms with Gasteiger partial charge in [-0.25, -0.2) is 0 Å². The summed E-state index contributed by atoms with van der Waals surface area (Å²) >= 11 is 0. The fourth-order valence-electron chi connectivity index (χ4n) is 8.64. The Bertz CT molecular complexity index is 2910. The molecule has 0 N–H and O–H groups in total. The van der Waals surface area contributed by atoms with Crippen molar-refractivity contribution in [3.8, 4) is 22.3 Å². The van der Waals surface area contributed by atoms with Gasteiger partial charge >= 0.3 is 0 Å². The van der Waals surface area contributed by atoms with Crippen LogP contribution in [0.4, 0.5) is 17.1 Å². The molecule has 3 nitrogen and oxygen atoms in total. The molecule has 1 heterocycles. The summed E-state index contributed by atoms with van der Waals surface area (Å²) in [5.41, 5.74) is 15.6. The van der Waals surface area contributed by atoms with Gasteiger partial charge in [0.05, 0.1) is 17.1 Å². The standard InChI is InChI=1S/C57H46N2O/c1-4-7-17-41(6-3)43-27-33-47(34-28-43)58(48-35-29-44(30-36-48)42-18-10-8-11-19-42)46-31-24-40(25-32-46)26-37-50-52-39-38-51-49-22-14-15-23-53(49)57(60)55(51)56(52)59(54(50)16-5-2)45-20-12-9-13-21-45/h4-20,22-39,45H,3,21H2,1-2H3/b7-4-,16-5-,37-26?,41-17+. The normalized spacial score (nSPS) is 14.8. The Balaban J connectivity index is 1.11. The van der Waals surface area contributed by atoms with E-state index in [-0.39, 0.29) is 11.8 Å². The minimum absolute atomic E-state index is 0.0857. The lowest BCUT2D eigenvalue weighted by Crippen LogP contribution is -2.11. The van der Waals surface area contributed by atoms with E-state index in [0.29, 0.717) is 0 Å². The quantitative estimate of drug-likeness (QED) is 0.122. The fourth-order valence-corrected chi connectivity index (χ4v) is 8.64. The topological polar surface area (TPSA) is 25.2 Å². The molecular formula is C57H46N2O. The van der Waals surface area contributed by atoms with Crippen LogP contribution in [0.1, 0.15) is 64.6 Å². The summed E-state index contributed by atoms with van der Waals surface area (Å²) in [4.78, 5) is 16.5. The van der Waals surface area contributed by atoms with Gasteiger partial charge < -0.3 is 9.47 Å². The Hall–Kier alpha value is -7.49. The number of nitrogens with zero attached hydrogens (tertiary/aromatic N) is 2. The Morgan fingerprint density at radius 1 is 0.667 bits per heavy atom. The second-order valence-corrected chi connectivity index (χ2v) is 15.1. The molecule has 1 aromatic heterocycles. The van der Waals surface area contributed by atoms with Gasteiger partial charge in [-0.2, -0.15) is 0 Å². The van der Waals surface area contributed by atoms with E-state index in [1.54, 1.807) is 0 Å². The first-order chi connectivity index (χ1) is 29.6. The third-order valence-electron chi connectivity index (χ3n) is 11.5. The van der Waals surface area contributed by atoms with Crippen LogP contribution in [0.5, 0.6) is 0 Å². The molecule has 0 spiro atoms. The van der Waals surface area contributed by atoms with Gasteiger partial charge in [-0.1, -0.05) is 177 Å². The lowest BCUT2D eigenvalue weighted by Gasteiger charge is -2.26. The van der Waals surface area contributed by atoms with Gasteiger partial charge in [0.1, 0.15) is 0 Å². The van der Waals surface area contributed by atoms with Crippen molar-refractivity contribution >= 4 is 57.5 Å². The third kappa shape index (κ3) is 7.05. The van der Waals surface area contributed by atoms with Crippen molar-refractivity contribution in [2.75, 3.05) is 4.90 Å². The van der Waals surface area contributed by atoms with Gasteiger partial charge in [0.15, 0.2) is 5.78 Å². The summed E-state index contributed by atoms with van der Waals surface area (Å²) in [7, 11) is 0. The Labute approximate surface area is 353 Å². The van der Waals surface area contributed by atoms with Crippen LogP contribution < -0.4 is 4.90 Å². The summed E-state index contributed by atoms with van der Waals surface area (Å²) in [6.07, 6.45) is 26.3. The van der Waals surface area contributed by atoms with E-state index < -0.39 is 0 Å². The average Bonchev–Trinajstić information content (AvgIpc) is 3.78. The lowest BCUT2D eigenvalue weighted by molar-refractivity contribution is 0.104. The van der Waals surface area contributed by atoms with Crippen LogP contribution >= 0.6 is 0 Å². The van der Waals surface area contributed by atoms with Gasteiger partial charge in [0.2, 0.25) is 0 Å². The maximum Gasteiger partial charge on any atom is 0.196 e. The van der Waals surface area contributed by atoms with Gasteiger partial charge in [0, 0.05) is 39.3 Å². The number of carbonyl (C=O) groups is 1. The van der Waals surface area contributed by atoms with Crippen LogP contribution in [0.2, 0.25) is 0 Å². The van der Waals surface area contributed by atoms with E-state index >= 15 is 0 Å². The second-order valence-electron chi connectivity index (χ2n) is 15.1. The monoisotopic (exact) mass is 774 g/mol. The zero-order valence-electron chi connectivity index (χ0n) is 34.0. The zero-order valence-corrected chi connectivity index (χ0v) is 34.0. The number of ketones is 1. The number of carbonyl (C=O) groups excluding carboxylic acids is 1. The summed E-state index contributed by atoms with van der Waals surface area (Å²) in [6.45, 7) is 8.13. The van der Waals surface area contributed by atoms with Crippen molar-refractivity contribution < 1.29 is 4.79 Å². The Kier molecular flexibility index (Phi) is 10.6. The van der Waals surface area contributed by atoms with Crippen LogP contribution in [0.15, 0.2) is 201 Å². The first-order valence-corrected chi connectivity index (χ1v) is 20.7. The van der Waals surface area contributed by atoms with Crippen LogP contribution in [-0.4, -0.2) is 10.4 Å². The van der Waals surface area contributed by atoms with E-state index in [4.69, 9.17) is 0 Å².